The predicted molar refractivity (Wildman–Crippen MR) is 102 cm³/mol. The maximum absolute atomic E-state index is 5.78. The van der Waals surface area contributed by atoms with Gasteiger partial charge in [-0.05, 0) is 54.0 Å². The zero-order valence-corrected chi connectivity index (χ0v) is 15.4. The number of hydrazone groups is 1. The summed E-state index contributed by atoms with van der Waals surface area (Å²) in [6.07, 6.45) is 3.29. The van der Waals surface area contributed by atoms with Crippen LogP contribution in [-0.4, -0.2) is 25.0 Å². The molecule has 0 fully saturated rings. The minimum Gasteiger partial charge on any atom is -0.493 e. The molecule has 0 saturated heterocycles. The average molecular weight is 361 g/mol. The van der Waals surface area contributed by atoms with E-state index in [0.717, 1.165) is 11.3 Å². The number of ether oxygens (including phenoxy) is 2. The van der Waals surface area contributed by atoms with Crippen LogP contribution in [0.3, 0.4) is 0 Å². The largest absolute Gasteiger partial charge is 0.493 e. The maximum atomic E-state index is 5.78. The molecule has 134 valence electrons. The van der Waals surface area contributed by atoms with Gasteiger partial charge in [-0.2, -0.15) is 5.10 Å². The molecule has 0 spiro atoms. The quantitative estimate of drug-likeness (QED) is 0.427. The summed E-state index contributed by atoms with van der Waals surface area (Å²) in [5, 5.41) is 7.54. The number of nitrogens with zero attached hydrogens (tertiary/aromatic N) is 1. The van der Waals surface area contributed by atoms with E-state index >= 15 is 0 Å². The molecule has 2 N–H and O–H groups in total. The van der Waals surface area contributed by atoms with Gasteiger partial charge in [-0.1, -0.05) is 13.8 Å². The minimum atomic E-state index is 0.414. The van der Waals surface area contributed by atoms with Crippen molar-refractivity contribution in [1.82, 2.24) is 10.7 Å². The van der Waals surface area contributed by atoms with Gasteiger partial charge < -0.3 is 19.2 Å². The van der Waals surface area contributed by atoms with E-state index in [1.54, 1.807) is 19.6 Å². The normalized spacial score (nSPS) is 10.9. The molecule has 7 heteroatoms. The second kappa shape index (κ2) is 9.68. The van der Waals surface area contributed by atoms with Crippen LogP contribution in [0, 0.1) is 5.92 Å². The first kappa shape index (κ1) is 18.8. The second-order valence-corrected chi connectivity index (χ2v) is 6.16. The summed E-state index contributed by atoms with van der Waals surface area (Å²) in [6.45, 7) is 5.32. The molecule has 0 aliphatic rings. The monoisotopic (exact) mass is 361 g/mol. The molecule has 2 rings (SSSR count). The average Bonchev–Trinajstić information content (AvgIpc) is 3.12. The summed E-state index contributed by atoms with van der Waals surface area (Å²) in [5.74, 6) is 2.62. The summed E-state index contributed by atoms with van der Waals surface area (Å²) < 4.78 is 16.3. The highest BCUT2D eigenvalue weighted by Gasteiger charge is 2.06. The first-order valence-corrected chi connectivity index (χ1v) is 8.39. The molecule has 0 bridgehead atoms. The third-order valence-corrected chi connectivity index (χ3v) is 3.38. The van der Waals surface area contributed by atoms with Crippen molar-refractivity contribution in [1.29, 1.82) is 0 Å². The maximum Gasteiger partial charge on any atom is 0.187 e. The van der Waals surface area contributed by atoms with E-state index in [1.807, 2.05) is 30.3 Å². The molecule has 0 aliphatic heterocycles. The van der Waals surface area contributed by atoms with Crippen molar-refractivity contribution < 1.29 is 13.9 Å². The Kier molecular flexibility index (Phi) is 7.28. The summed E-state index contributed by atoms with van der Waals surface area (Å²) in [4.78, 5) is 0. The number of benzene rings is 1. The van der Waals surface area contributed by atoms with Gasteiger partial charge in [-0.25, -0.2) is 0 Å². The summed E-state index contributed by atoms with van der Waals surface area (Å²) in [6, 6.07) is 9.32. The van der Waals surface area contributed by atoms with Crippen LogP contribution in [0.2, 0.25) is 0 Å². The Hall–Kier alpha value is -2.54. The lowest BCUT2D eigenvalue weighted by Gasteiger charge is -2.12. The van der Waals surface area contributed by atoms with Gasteiger partial charge >= 0.3 is 0 Å². The Labute approximate surface area is 153 Å². The van der Waals surface area contributed by atoms with Crippen molar-refractivity contribution in [3.8, 4) is 11.5 Å². The molecule has 0 unspecified atom stereocenters. The van der Waals surface area contributed by atoms with Gasteiger partial charge in [0.15, 0.2) is 16.6 Å². The highest BCUT2D eigenvalue weighted by atomic mass is 32.1. The topological polar surface area (TPSA) is 68.0 Å². The van der Waals surface area contributed by atoms with Crippen molar-refractivity contribution in [2.24, 2.45) is 11.0 Å². The van der Waals surface area contributed by atoms with E-state index in [2.05, 4.69) is 29.7 Å². The van der Waals surface area contributed by atoms with Crippen LogP contribution in [0.4, 0.5) is 0 Å². The second-order valence-electron chi connectivity index (χ2n) is 5.75. The number of hydrogen-bond acceptors (Lipinski definition) is 5. The standard InChI is InChI=1S/C18H23N3O3S/c1-13(2)12-24-17-9-14(6-7-16(17)22-3)10-20-21-18(25)19-11-15-5-4-8-23-15/h4-10,13H,11-12H2,1-3H3,(H2,19,21,25). The van der Waals surface area contributed by atoms with Gasteiger partial charge in [0.1, 0.15) is 5.76 Å². The van der Waals surface area contributed by atoms with Crippen LogP contribution in [0.25, 0.3) is 0 Å². The van der Waals surface area contributed by atoms with E-state index < -0.39 is 0 Å². The number of methoxy groups -OCH3 is 1. The molecular formula is C18H23N3O3S. The van der Waals surface area contributed by atoms with Gasteiger partial charge in [0.05, 0.1) is 32.7 Å². The molecule has 1 aromatic carbocycles. The molecular weight excluding hydrogens is 338 g/mol. The van der Waals surface area contributed by atoms with Crippen LogP contribution in [0.5, 0.6) is 11.5 Å². The molecule has 25 heavy (non-hydrogen) atoms. The molecule has 0 radical (unpaired) electrons. The van der Waals surface area contributed by atoms with E-state index in [0.29, 0.717) is 35.7 Å². The fraction of sp³-hybridized carbons (Fsp3) is 0.333. The van der Waals surface area contributed by atoms with Crippen LogP contribution in [0.1, 0.15) is 25.2 Å². The van der Waals surface area contributed by atoms with Crippen LogP contribution >= 0.6 is 12.2 Å². The Morgan fingerprint density at radius 3 is 2.84 bits per heavy atom. The lowest BCUT2D eigenvalue weighted by Crippen LogP contribution is -2.31. The van der Waals surface area contributed by atoms with Gasteiger partial charge in [0.2, 0.25) is 0 Å². The lowest BCUT2D eigenvalue weighted by molar-refractivity contribution is 0.257. The summed E-state index contributed by atoms with van der Waals surface area (Å²) in [5.41, 5.74) is 3.64. The Morgan fingerprint density at radius 1 is 1.32 bits per heavy atom. The van der Waals surface area contributed by atoms with Crippen molar-refractivity contribution in [2.45, 2.75) is 20.4 Å². The first-order valence-electron chi connectivity index (χ1n) is 7.98. The molecule has 0 aliphatic carbocycles. The van der Waals surface area contributed by atoms with Gasteiger partial charge in [0, 0.05) is 0 Å². The molecule has 0 atom stereocenters. The van der Waals surface area contributed by atoms with E-state index in [-0.39, 0.29) is 0 Å². The number of rotatable bonds is 8. The lowest BCUT2D eigenvalue weighted by atomic mass is 10.2. The van der Waals surface area contributed by atoms with Gasteiger partial charge in [-0.3, -0.25) is 5.43 Å². The number of thiocarbonyl (C=S) groups is 1. The zero-order valence-electron chi connectivity index (χ0n) is 14.6. The van der Waals surface area contributed by atoms with Crippen molar-refractivity contribution in [3.63, 3.8) is 0 Å². The zero-order chi connectivity index (χ0) is 18.1. The minimum absolute atomic E-state index is 0.414. The SMILES string of the molecule is COc1ccc(C=NNC(=S)NCc2ccco2)cc1OCC(C)C. The first-order chi connectivity index (χ1) is 12.1. The highest BCUT2D eigenvalue weighted by molar-refractivity contribution is 7.80. The van der Waals surface area contributed by atoms with E-state index in [9.17, 15) is 0 Å². The van der Waals surface area contributed by atoms with Crippen molar-refractivity contribution in [3.05, 3.63) is 47.9 Å². The van der Waals surface area contributed by atoms with Gasteiger partial charge in [-0.15, -0.1) is 0 Å². The number of furan rings is 1. The molecule has 6 nitrogen and oxygen atoms in total. The Balaban J connectivity index is 1.88. The molecule has 0 saturated carbocycles. The molecule has 1 aromatic heterocycles. The summed E-state index contributed by atoms with van der Waals surface area (Å²) in [7, 11) is 1.62. The van der Waals surface area contributed by atoms with E-state index in [1.165, 1.54) is 0 Å². The van der Waals surface area contributed by atoms with E-state index in [4.69, 9.17) is 26.1 Å². The van der Waals surface area contributed by atoms with Crippen LogP contribution in [-0.2, 0) is 6.54 Å². The van der Waals surface area contributed by atoms with Crippen LogP contribution < -0.4 is 20.2 Å². The summed E-state index contributed by atoms with van der Waals surface area (Å²) >= 11 is 5.16. The van der Waals surface area contributed by atoms with Crippen molar-refractivity contribution >= 4 is 23.5 Å². The van der Waals surface area contributed by atoms with Gasteiger partial charge in [0.25, 0.3) is 0 Å². The van der Waals surface area contributed by atoms with Crippen LogP contribution in [0.15, 0.2) is 46.1 Å². The highest BCUT2D eigenvalue weighted by Crippen LogP contribution is 2.27. The fourth-order valence-corrected chi connectivity index (χ4v) is 2.05. The molecule has 0 amide bonds. The smallest absolute Gasteiger partial charge is 0.187 e. The van der Waals surface area contributed by atoms with Crippen molar-refractivity contribution in [2.75, 3.05) is 13.7 Å². The third kappa shape index (κ3) is 6.46. The molecule has 1 heterocycles. The predicted octanol–water partition coefficient (Wildman–Crippen LogP) is 3.32. The Morgan fingerprint density at radius 2 is 2.16 bits per heavy atom. The fourth-order valence-electron chi connectivity index (χ4n) is 1.93. The number of nitrogens with one attached hydrogen (secondary N) is 2. The molecule has 2 aromatic rings. The Bertz CT molecular complexity index is 700. The third-order valence-electron chi connectivity index (χ3n) is 3.14. The number of hydrogen-bond donors (Lipinski definition) is 2.